The van der Waals surface area contributed by atoms with E-state index < -0.39 is 10.8 Å². The normalized spacial score (nSPS) is 19.7. The highest BCUT2D eigenvalue weighted by Crippen LogP contribution is 2.40. The van der Waals surface area contributed by atoms with E-state index >= 15 is 0 Å². The molecule has 0 aromatic heterocycles. The lowest BCUT2D eigenvalue weighted by atomic mass is 10.0. The first-order valence-corrected chi connectivity index (χ1v) is 7.03. The van der Waals surface area contributed by atoms with Crippen LogP contribution in [0.25, 0.3) is 5.57 Å². The van der Waals surface area contributed by atoms with Crippen LogP contribution in [0, 0.1) is 10.1 Å². The maximum Gasteiger partial charge on any atom is 0.270 e. The van der Waals surface area contributed by atoms with Crippen molar-refractivity contribution in [3.8, 4) is 0 Å². The summed E-state index contributed by atoms with van der Waals surface area (Å²) in [5.41, 5.74) is 2.83. The molecule has 0 spiro atoms. The van der Waals surface area contributed by atoms with Gasteiger partial charge in [0.05, 0.1) is 16.2 Å². The third kappa shape index (κ3) is 1.86. The maximum absolute atomic E-state index is 12.4. The number of nitro groups is 1. The molecular weight excluding hydrogens is 312 g/mol. The van der Waals surface area contributed by atoms with Gasteiger partial charge in [-0.2, -0.15) is 0 Å². The highest BCUT2D eigenvalue weighted by molar-refractivity contribution is 6.39. The van der Waals surface area contributed by atoms with Crippen molar-refractivity contribution in [1.82, 2.24) is 0 Å². The molecule has 0 aliphatic carbocycles. The fourth-order valence-corrected chi connectivity index (χ4v) is 2.93. The Balaban J connectivity index is 1.95. The number of allylic oxidation sites excluding steroid dienone is 1. The first-order chi connectivity index (χ1) is 11.6. The van der Waals surface area contributed by atoms with Crippen molar-refractivity contribution in [3.63, 3.8) is 0 Å². The van der Waals surface area contributed by atoms with Crippen molar-refractivity contribution in [2.24, 2.45) is 5.16 Å². The third-order valence-corrected chi connectivity index (χ3v) is 3.99. The van der Waals surface area contributed by atoms with Gasteiger partial charge in [0.25, 0.3) is 11.6 Å². The van der Waals surface area contributed by atoms with E-state index in [2.05, 4.69) is 15.8 Å². The van der Waals surface area contributed by atoms with E-state index in [0.717, 1.165) is 0 Å². The van der Waals surface area contributed by atoms with Gasteiger partial charge in [-0.1, -0.05) is 23.4 Å². The highest BCUT2D eigenvalue weighted by atomic mass is 16.6. The van der Waals surface area contributed by atoms with E-state index in [1.165, 1.54) is 18.2 Å². The fraction of sp³-hybridized carbons (Fsp3) is 0. The van der Waals surface area contributed by atoms with Crippen molar-refractivity contribution in [2.75, 3.05) is 10.6 Å². The van der Waals surface area contributed by atoms with Gasteiger partial charge in [0.2, 0.25) is 0 Å². The van der Waals surface area contributed by atoms with Crippen LogP contribution < -0.4 is 10.6 Å². The summed E-state index contributed by atoms with van der Waals surface area (Å²) >= 11 is 0. The predicted molar refractivity (Wildman–Crippen MR) is 87.0 cm³/mol. The Morgan fingerprint density at radius 1 is 1.04 bits per heavy atom. The zero-order chi connectivity index (χ0) is 16.8. The van der Waals surface area contributed by atoms with Gasteiger partial charge in [0.15, 0.2) is 0 Å². The number of oxime groups is 1. The molecule has 2 aliphatic rings. The molecule has 8 nitrogen and oxygen atoms in total. The Bertz CT molecular complexity index is 978. The summed E-state index contributed by atoms with van der Waals surface area (Å²) in [6, 6.07) is 11.3. The van der Waals surface area contributed by atoms with Crippen LogP contribution in [0.5, 0.6) is 0 Å². The number of amides is 1. The SMILES string of the molecule is O=C1Nc2ccc([N+](=O)[O-])cc2/C1=C1/Nc2ccccc2/C1=N/O. The number of anilines is 2. The third-order valence-electron chi connectivity index (χ3n) is 3.99. The molecule has 0 saturated carbocycles. The summed E-state index contributed by atoms with van der Waals surface area (Å²) in [7, 11) is 0. The molecule has 0 radical (unpaired) electrons. The number of non-ortho nitro benzene ring substituents is 1. The Kier molecular flexibility index (Phi) is 2.86. The molecule has 1 amide bonds. The molecule has 4 rings (SSSR count). The van der Waals surface area contributed by atoms with Gasteiger partial charge in [-0.05, 0) is 12.1 Å². The molecule has 3 N–H and O–H groups in total. The van der Waals surface area contributed by atoms with E-state index in [1.54, 1.807) is 18.2 Å². The zero-order valence-electron chi connectivity index (χ0n) is 12.1. The molecule has 2 aliphatic heterocycles. The topological polar surface area (TPSA) is 117 Å². The molecule has 24 heavy (non-hydrogen) atoms. The molecule has 0 fully saturated rings. The lowest BCUT2D eigenvalue weighted by molar-refractivity contribution is -0.384. The number of rotatable bonds is 1. The molecule has 0 unspecified atom stereocenters. The average molecular weight is 322 g/mol. The number of nitrogens with zero attached hydrogens (tertiary/aromatic N) is 2. The van der Waals surface area contributed by atoms with Crippen LogP contribution >= 0.6 is 0 Å². The Labute approximate surface area is 135 Å². The standard InChI is InChI=1S/C16H10N4O4/c21-16-13(10-7-8(20(23)24)5-6-12(10)18-16)15-14(19-22)9-3-1-2-4-11(9)17-15/h1-7,17,22H,(H,18,21)/b15-13-,19-14-. The summed E-state index contributed by atoms with van der Waals surface area (Å²) in [4.78, 5) is 22.9. The van der Waals surface area contributed by atoms with Crippen LogP contribution in [0.4, 0.5) is 17.1 Å². The van der Waals surface area contributed by atoms with Crippen molar-refractivity contribution in [3.05, 3.63) is 69.4 Å². The molecule has 2 aromatic rings. The van der Waals surface area contributed by atoms with Crippen LogP contribution in [-0.4, -0.2) is 21.7 Å². The number of hydrogen-bond acceptors (Lipinski definition) is 6. The summed E-state index contributed by atoms with van der Waals surface area (Å²) < 4.78 is 0. The summed E-state index contributed by atoms with van der Waals surface area (Å²) in [5, 5.41) is 29.4. The van der Waals surface area contributed by atoms with Gasteiger partial charge in [0.1, 0.15) is 5.71 Å². The second-order valence-corrected chi connectivity index (χ2v) is 5.31. The summed E-state index contributed by atoms with van der Waals surface area (Å²) in [6.45, 7) is 0. The molecule has 8 heteroatoms. The lowest BCUT2D eigenvalue weighted by Gasteiger charge is -2.05. The van der Waals surface area contributed by atoms with Gasteiger partial charge in [-0.15, -0.1) is 0 Å². The van der Waals surface area contributed by atoms with Crippen LogP contribution in [0.15, 0.2) is 53.3 Å². The molecular formula is C16H10N4O4. The van der Waals surface area contributed by atoms with Crippen molar-refractivity contribution in [1.29, 1.82) is 0 Å². The number of nitrogens with one attached hydrogen (secondary N) is 2. The van der Waals surface area contributed by atoms with Crippen LogP contribution in [0.1, 0.15) is 11.1 Å². The average Bonchev–Trinajstić information content (AvgIpc) is 3.09. The minimum absolute atomic E-state index is 0.124. The quantitative estimate of drug-likeness (QED) is 0.323. The van der Waals surface area contributed by atoms with Crippen LogP contribution in [-0.2, 0) is 4.79 Å². The van der Waals surface area contributed by atoms with Crippen LogP contribution in [0.2, 0.25) is 0 Å². The summed E-state index contributed by atoms with van der Waals surface area (Å²) in [5.74, 6) is -0.415. The van der Waals surface area contributed by atoms with E-state index in [4.69, 9.17) is 0 Å². The largest absolute Gasteiger partial charge is 0.410 e. The zero-order valence-corrected chi connectivity index (χ0v) is 12.1. The second kappa shape index (κ2) is 4.92. The first-order valence-electron chi connectivity index (χ1n) is 7.03. The van der Waals surface area contributed by atoms with Gasteiger partial charge >= 0.3 is 0 Å². The van der Waals surface area contributed by atoms with Gasteiger partial charge in [-0.25, -0.2) is 0 Å². The minimum Gasteiger partial charge on any atom is -0.410 e. The Morgan fingerprint density at radius 2 is 1.79 bits per heavy atom. The number of para-hydroxylation sites is 1. The Morgan fingerprint density at radius 3 is 2.54 bits per heavy atom. The van der Waals surface area contributed by atoms with E-state index in [1.807, 2.05) is 6.07 Å². The number of nitro benzene ring substituents is 1. The molecule has 0 saturated heterocycles. The molecule has 0 atom stereocenters. The predicted octanol–water partition coefficient (Wildman–Crippen LogP) is 2.56. The highest BCUT2D eigenvalue weighted by Gasteiger charge is 2.35. The van der Waals surface area contributed by atoms with E-state index in [9.17, 15) is 20.1 Å². The minimum atomic E-state index is -0.525. The maximum atomic E-state index is 12.4. The first kappa shape index (κ1) is 13.9. The fourth-order valence-electron chi connectivity index (χ4n) is 2.93. The van der Waals surface area contributed by atoms with Gasteiger partial charge in [0, 0.05) is 34.6 Å². The number of hydrogen-bond donors (Lipinski definition) is 3. The number of carbonyl (C=O) groups excluding carboxylic acids is 1. The summed E-state index contributed by atoms with van der Waals surface area (Å²) in [6.07, 6.45) is 0. The number of fused-ring (bicyclic) bond motifs is 2. The number of benzene rings is 2. The van der Waals surface area contributed by atoms with Crippen molar-refractivity contribution >= 4 is 34.3 Å². The van der Waals surface area contributed by atoms with Gasteiger partial charge in [-0.3, -0.25) is 14.9 Å². The number of carbonyl (C=O) groups is 1. The molecule has 2 heterocycles. The van der Waals surface area contributed by atoms with Gasteiger partial charge < -0.3 is 15.8 Å². The monoisotopic (exact) mass is 322 g/mol. The Hall–Kier alpha value is -3.68. The van der Waals surface area contributed by atoms with Crippen molar-refractivity contribution in [2.45, 2.75) is 0 Å². The van der Waals surface area contributed by atoms with E-state index in [0.29, 0.717) is 28.2 Å². The molecule has 118 valence electrons. The smallest absolute Gasteiger partial charge is 0.270 e. The van der Waals surface area contributed by atoms with E-state index in [-0.39, 0.29) is 17.0 Å². The molecule has 0 bridgehead atoms. The lowest BCUT2D eigenvalue weighted by Crippen LogP contribution is -2.12. The van der Waals surface area contributed by atoms with Crippen LogP contribution in [0.3, 0.4) is 0 Å². The second-order valence-electron chi connectivity index (χ2n) is 5.31. The molecule has 2 aromatic carbocycles. The van der Waals surface area contributed by atoms with Crippen molar-refractivity contribution < 1.29 is 14.9 Å².